The summed E-state index contributed by atoms with van der Waals surface area (Å²) in [5.41, 5.74) is 4.16. The molecule has 0 saturated carbocycles. The highest BCUT2D eigenvalue weighted by Gasteiger charge is 2.34. The van der Waals surface area contributed by atoms with Crippen LogP contribution in [0.25, 0.3) is 0 Å². The first-order valence-corrected chi connectivity index (χ1v) is 4.11. The Morgan fingerprint density at radius 3 is 2.40 bits per heavy atom. The van der Waals surface area contributed by atoms with Gasteiger partial charge in [-0.15, -0.1) is 6.58 Å². The average Bonchev–Trinajstić information content (AvgIpc) is 2.15. The van der Waals surface area contributed by atoms with E-state index in [9.17, 15) is 17.6 Å². The lowest BCUT2D eigenvalue weighted by atomic mass is 10.0. The van der Waals surface area contributed by atoms with E-state index < -0.39 is 23.6 Å². The fraction of sp³-hybridized carbons (Fsp3) is 0.200. The normalized spacial score (nSPS) is 13.7. The van der Waals surface area contributed by atoms with E-state index in [1.165, 1.54) is 6.08 Å². The van der Waals surface area contributed by atoms with Gasteiger partial charge in [-0.3, -0.25) is 0 Å². The van der Waals surface area contributed by atoms with E-state index in [1.54, 1.807) is 0 Å². The summed E-state index contributed by atoms with van der Waals surface area (Å²) in [7, 11) is 0. The Labute approximate surface area is 84.2 Å². The van der Waals surface area contributed by atoms with Gasteiger partial charge in [0.2, 0.25) is 0 Å². The monoisotopic (exact) mass is 219 g/mol. The van der Waals surface area contributed by atoms with Crippen LogP contribution in [0, 0.1) is 5.82 Å². The predicted octanol–water partition coefficient (Wildman–Crippen LogP) is 3.03. The number of hydrogen-bond donors (Lipinski definition) is 1. The zero-order valence-electron chi connectivity index (χ0n) is 7.68. The number of benzene rings is 1. The van der Waals surface area contributed by atoms with Crippen molar-refractivity contribution in [2.45, 2.75) is 12.2 Å². The molecule has 1 rings (SSSR count). The first-order valence-electron chi connectivity index (χ1n) is 4.11. The summed E-state index contributed by atoms with van der Waals surface area (Å²) in [5.74, 6) is -0.942. The number of rotatable bonds is 2. The highest BCUT2D eigenvalue weighted by atomic mass is 19.4. The Morgan fingerprint density at radius 1 is 1.33 bits per heavy atom. The average molecular weight is 219 g/mol. The lowest BCUT2D eigenvalue weighted by Gasteiger charge is -2.15. The summed E-state index contributed by atoms with van der Waals surface area (Å²) >= 11 is 0. The summed E-state index contributed by atoms with van der Waals surface area (Å²) in [4.78, 5) is 0. The highest BCUT2D eigenvalue weighted by molar-refractivity contribution is 5.34. The fourth-order valence-electron chi connectivity index (χ4n) is 1.19. The van der Waals surface area contributed by atoms with Gasteiger partial charge in [-0.05, 0) is 17.7 Å². The Hall–Kier alpha value is -1.36. The maximum Gasteiger partial charge on any atom is 0.416 e. The van der Waals surface area contributed by atoms with Crippen molar-refractivity contribution in [3.8, 4) is 0 Å². The Kier molecular flexibility index (Phi) is 3.14. The predicted molar refractivity (Wildman–Crippen MR) is 48.5 cm³/mol. The molecule has 0 fully saturated rings. The van der Waals surface area contributed by atoms with Crippen LogP contribution in [0.1, 0.15) is 17.2 Å². The van der Waals surface area contributed by atoms with Crippen LogP contribution in [0.3, 0.4) is 0 Å². The van der Waals surface area contributed by atoms with E-state index in [2.05, 4.69) is 6.58 Å². The SMILES string of the molecule is C=C[C@H](N)c1ccc(F)cc1C(F)(F)F. The van der Waals surface area contributed by atoms with Crippen molar-refractivity contribution in [3.63, 3.8) is 0 Å². The van der Waals surface area contributed by atoms with Crippen molar-refractivity contribution < 1.29 is 17.6 Å². The van der Waals surface area contributed by atoms with Gasteiger partial charge in [0.05, 0.1) is 5.56 Å². The van der Waals surface area contributed by atoms with Crippen LogP contribution in [0.2, 0.25) is 0 Å². The van der Waals surface area contributed by atoms with Crippen molar-refractivity contribution in [2.75, 3.05) is 0 Å². The Balaban J connectivity index is 3.33. The fourth-order valence-corrected chi connectivity index (χ4v) is 1.19. The van der Waals surface area contributed by atoms with Crippen molar-refractivity contribution in [1.29, 1.82) is 0 Å². The number of nitrogens with two attached hydrogens (primary N) is 1. The molecule has 0 aromatic heterocycles. The molecule has 0 bridgehead atoms. The second-order valence-corrected chi connectivity index (χ2v) is 2.99. The summed E-state index contributed by atoms with van der Waals surface area (Å²) < 4.78 is 50.1. The molecule has 2 N–H and O–H groups in total. The van der Waals surface area contributed by atoms with Crippen molar-refractivity contribution in [3.05, 3.63) is 47.8 Å². The molecule has 0 aliphatic rings. The standard InChI is InChI=1S/C10H9F4N/c1-2-9(15)7-4-3-6(11)5-8(7)10(12,13)14/h2-5,9H,1,15H2/t9-/m0/s1. The topological polar surface area (TPSA) is 26.0 Å². The quantitative estimate of drug-likeness (QED) is 0.600. The molecule has 1 nitrogen and oxygen atoms in total. The molecule has 0 unspecified atom stereocenters. The minimum Gasteiger partial charge on any atom is -0.321 e. The second kappa shape index (κ2) is 4.02. The molecule has 1 aromatic carbocycles. The van der Waals surface area contributed by atoms with Crippen LogP contribution < -0.4 is 5.73 Å². The molecule has 5 heteroatoms. The van der Waals surface area contributed by atoms with Gasteiger partial charge < -0.3 is 5.73 Å². The van der Waals surface area contributed by atoms with Crippen LogP contribution in [0.4, 0.5) is 17.6 Å². The lowest BCUT2D eigenvalue weighted by Crippen LogP contribution is -2.16. The lowest BCUT2D eigenvalue weighted by molar-refractivity contribution is -0.138. The van der Waals surface area contributed by atoms with E-state index in [0.29, 0.717) is 6.07 Å². The van der Waals surface area contributed by atoms with Gasteiger partial charge in [0.1, 0.15) is 5.82 Å². The maximum atomic E-state index is 12.7. The molecule has 0 heterocycles. The minimum atomic E-state index is -4.61. The zero-order chi connectivity index (χ0) is 11.6. The molecule has 0 saturated heterocycles. The van der Waals surface area contributed by atoms with Crippen LogP contribution in [-0.2, 0) is 6.18 Å². The van der Waals surface area contributed by atoms with Gasteiger partial charge in [-0.25, -0.2) is 4.39 Å². The maximum absolute atomic E-state index is 12.7. The third-order valence-electron chi connectivity index (χ3n) is 1.93. The molecule has 1 atom stereocenters. The van der Waals surface area contributed by atoms with E-state index in [0.717, 1.165) is 12.1 Å². The summed E-state index contributed by atoms with van der Waals surface area (Å²) in [6.45, 7) is 3.30. The third-order valence-corrected chi connectivity index (χ3v) is 1.93. The molecule has 1 aromatic rings. The number of alkyl halides is 3. The number of hydrogen-bond acceptors (Lipinski definition) is 1. The molecule has 0 aliphatic carbocycles. The van der Waals surface area contributed by atoms with Gasteiger partial charge in [0, 0.05) is 6.04 Å². The minimum absolute atomic E-state index is 0.182. The first-order chi connectivity index (χ1) is 6.86. The Morgan fingerprint density at radius 2 is 1.93 bits per heavy atom. The van der Waals surface area contributed by atoms with Crippen LogP contribution in [-0.4, -0.2) is 0 Å². The summed E-state index contributed by atoms with van der Waals surface area (Å²) in [6.07, 6.45) is -3.44. The van der Waals surface area contributed by atoms with Gasteiger partial charge >= 0.3 is 6.18 Å². The van der Waals surface area contributed by atoms with Crippen molar-refractivity contribution in [2.24, 2.45) is 5.73 Å². The smallest absolute Gasteiger partial charge is 0.321 e. The zero-order valence-corrected chi connectivity index (χ0v) is 7.68. The third kappa shape index (κ3) is 2.56. The van der Waals surface area contributed by atoms with Crippen LogP contribution >= 0.6 is 0 Å². The van der Waals surface area contributed by atoms with E-state index in [1.807, 2.05) is 0 Å². The first kappa shape index (κ1) is 11.7. The number of halogens is 4. The molecular formula is C10H9F4N. The largest absolute Gasteiger partial charge is 0.416 e. The van der Waals surface area contributed by atoms with E-state index in [4.69, 9.17) is 5.73 Å². The molecule has 0 radical (unpaired) electrons. The van der Waals surface area contributed by atoms with Crippen LogP contribution in [0.15, 0.2) is 30.9 Å². The second-order valence-electron chi connectivity index (χ2n) is 2.99. The molecular weight excluding hydrogens is 210 g/mol. The molecule has 0 spiro atoms. The van der Waals surface area contributed by atoms with E-state index in [-0.39, 0.29) is 5.56 Å². The summed E-state index contributed by atoms with van der Waals surface area (Å²) in [5, 5.41) is 0. The van der Waals surface area contributed by atoms with Gasteiger partial charge in [0.15, 0.2) is 0 Å². The summed E-state index contributed by atoms with van der Waals surface area (Å²) in [6, 6.07) is 1.43. The molecule has 0 aliphatic heterocycles. The van der Waals surface area contributed by atoms with Gasteiger partial charge in [-0.1, -0.05) is 12.1 Å². The van der Waals surface area contributed by atoms with Crippen molar-refractivity contribution >= 4 is 0 Å². The molecule has 0 amide bonds. The van der Waals surface area contributed by atoms with E-state index >= 15 is 0 Å². The van der Waals surface area contributed by atoms with Gasteiger partial charge in [-0.2, -0.15) is 13.2 Å². The van der Waals surface area contributed by atoms with Crippen LogP contribution in [0.5, 0.6) is 0 Å². The van der Waals surface area contributed by atoms with Crippen molar-refractivity contribution in [1.82, 2.24) is 0 Å². The van der Waals surface area contributed by atoms with Gasteiger partial charge in [0.25, 0.3) is 0 Å². The highest BCUT2D eigenvalue weighted by Crippen LogP contribution is 2.34. The Bertz CT molecular complexity index is 370. The molecule has 15 heavy (non-hydrogen) atoms. The molecule has 82 valence electrons.